The highest BCUT2D eigenvalue weighted by molar-refractivity contribution is 5.81. The van der Waals surface area contributed by atoms with Crippen molar-refractivity contribution in [2.24, 2.45) is 0 Å². The lowest BCUT2D eigenvalue weighted by Gasteiger charge is -2.10. The molecule has 0 saturated heterocycles. The number of aryl methyl sites for hydroxylation is 2. The summed E-state index contributed by atoms with van der Waals surface area (Å²) in [7, 11) is 4.16. The van der Waals surface area contributed by atoms with Gasteiger partial charge in [0.25, 0.3) is 0 Å². The first-order chi connectivity index (χ1) is 15.1. The van der Waals surface area contributed by atoms with Crippen LogP contribution in [0.15, 0.2) is 37.2 Å². The maximum Gasteiger partial charge on any atom is 0.170 e. The predicted octanol–water partition coefficient (Wildman–Crippen LogP) is 1.37. The topological polar surface area (TPSA) is 76.7 Å². The zero-order valence-corrected chi connectivity index (χ0v) is 21.2. The molecule has 176 valence electrons. The van der Waals surface area contributed by atoms with E-state index >= 15 is 0 Å². The van der Waals surface area contributed by atoms with E-state index in [9.17, 15) is 0 Å². The Bertz CT molecular complexity index is 908. The summed E-state index contributed by atoms with van der Waals surface area (Å²) < 4.78 is 4.38. The van der Waals surface area contributed by atoms with E-state index in [1.807, 2.05) is 6.33 Å². The molecule has 7 nitrogen and oxygen atoms in total. The van der Waals surface area contributed by atoms with Gasteiger partial charge in [0.1, 0.15) is 18.4 Å². The van der Waals surface area contributed by atoms with Gasteiger partial charge in [0.05, 0.1) is 6.33 Å². The number of pyridine rings is 1. The zero-order valence-electron chi connectivity index (χ0n) is 19.6. The molecule has 3 aromatic rings. The molecule has 3 aromatic heterocycles. The van der Waals surface area contributed by atoms with Crippen LogP contribution in [0.25, 0.3) is 11.2 Å². The van der Waals surface area contributed by atoms with E-state index in [1.54, 1.807) is 0 Å². The number of unbranched alkanes of at least 4 members (excludes halogenated alkanes) is 9. The third kappa shape index (κ3) is 8.04. The Hall–Kier alpha value is -2.22. The number of aromatic nitrogens is 5. The number of rotatable bonds is 14. The van der Waals surface area contributed by atoms with Crippen molar-refractivity contribution in [2.75, 3.05) is 24.7 Å². The Morgan fingerprint density at radius 3 is 2.06 bits per heavy atom. The lowest BCUT2D eigenvalue weighted by atomic mass is 10.1. The van der Waals surface area contributed by atoms with Crippen LogP contribution in [0.1, 0.15) is 64.2 Å². The van der Waals surface area contributed by atoms with Crippen molar-refractivity contribution in [3.05, 3.63) is 37.2 Å². The van der Waals surface area contributed by atoms with Crippen molar-refractivity contribution in [1.82, 2.24) is 19.5 Å². The molecule has 0 amide bonds. The highest BCUT2D eigenvalue weighted by Gasteiger charge is 2.07. The Balaban J connectivity index is 0.00000363. The van der Waals surface area contributed by atoms with Crippen LogP contribution in [0.3, 0.4) is 0 Å². The molecule has 0 bridgehead atoms. The molecule has 0 radical (unpaired) electrons. The normalized spacial score (nSPS) is 10.9. The second kappa shape index (κ2) is 14.0. The van der Waals surface area contributed by atoms with Gasteiger partial charge < -0.3 is 32.2 Å². The number of anilines is 2. The van der Waals surface area contributed by atoms with Crippen molar-refractivity contribution in [2.45, 2.75) is 77.3 Å². The number of fused-ring (bicyclic) bond motifs is 1. The predicted molar refractivity (Wildman–Crippen MR) is 127 cm³/mol. The fraction of sp³-hybridized carbons (Fsp3) is 0.583. The number of hydrogen-bond acceptors (Lipinski definition) is 5. The van der Waals surface area contributed by atoms with Crippen LogP contribution < -0.4 is 32.2 Å². The van der Waals surface area contributed by atoms with Gasteiger partial charge in [-0.1, -0.05) is 44.9 Å². The van der Waals surface area contributed by atoms with E-state index in [4.69, 9.17) is 5.73 Å². The molecule has 0 aliphatic rings. The van der Waals surface area contributed by atoms with E-state index in [1.165, 1.54) is 69.8 Å². The van der Waals surface area contributed by atoms with E-state index in [-0.39, 0.29) is 17.0 Å². The lowest BCUT2D eigenvalue weighted by molar-refractivity contribution is -0.697. The summed E-state index contributed by atoms with van der Waals surface area (Å²) in [5, 5.41) is 0. The standard InChI is InChI=1S/C24H38N7.BrH/c1-29(2)21-13-17-30(18-14-21)15-11-9-7-5-3-4-6-8-10-12-16-31-20-28-22-23(25)26-19-27-24(22)31;/h13-14,17-20H,3-12,15-16H2,1-2H3,(H2,25,26,27);1H/q+1;/p-1. The molecule has 0 aliphatic carbocycles. The monoisotopic (exact) mass is 503 g/mol. The first kappa shape index (κ1) is 26.0. The number of halogens is 1. The van der Waals surface area contributed by atoms with Gasteiger partial charge in [0, 0.05) is 44.9 Å². The smallest absolute Gasteiger partial charge is 0.170 e. The van der Waals surface area contributed by atoms with Crippen LogP contribution in [0.5, 0.6) is 0 Å². The number of nitrogen functional groups attached to an aromatic ring is 1. The molecule has 8 heteroatoms. The summed E-state index contributed by atoms with van der Waals surface area (Å²) in [6, 6.07) is 4.36. The molecule has 0 spiro atoms. The summed E-state index contributed by atoms with van der Waals surface area (Å²) in [4.78, 5) is 14.8. The molecule has 3 rings (SSSR count). The van der Waals surface area contributed by atoms with E-state index in [2.05, 4.69) is 67.6 Å². The number of hydrogen-bond donors (Lipinski definition) is 1. The van der Waals surface area contributed by atoms with Gasteiger partial charge in [-0.15, -0.1) is 0 Å². The molecule has 3 heterocycles. The van der Waals surface area contributed by atoms with Crippen LogP contribution in [0.4, 0.5) is 11.5 Å². The molecule has 0 aliphatic heterocycles. The maximum absolute atomic E-state index is 5.84. The van der Waals surface area contributed by atoms with Crippen LogP contribution in [0.2, 0.25) is 0 Å². The summed E-state index contributed by atoms with van der Waals surface area (Å²) in [5.74, 6) is 0.459. The quantitative estimate of drug-likeness (QED) is 0.265. The average molecular weight is 505 g/mol. The Kier molecular flexibility index (Phi) is 11.4. The molecule has 2 N–H and O–H groups in total. The molecule has 32 heavy (non-hydrogen) atoms. The number of nitrogens with two attached hydrogens (primary N) is 1. The first-order valence-electron chi connectivity index (χ1n) is 11.7. The third-order valence-electron chi connectivity index (χ3n) is 5.88. The van der Waals surface area contributed by atoms with Crippen molar-refractivity contribution in [1.29, 1.82) is 0 Å². The minimum absolute atomic E-state index is 0. The van der Waals surface area contributed by atoms with Gasteiger partial charge in [0.2, 0.25) is 0 Å². The minimum Gasteiger partial charge on any atom is -1.00 e. The van der Waals surface area contributed by atoms with Crippen LogP contribution in [0, 0.1) is 0 Å². The number of nitrogens with zero attached hydrogens (tertiary/aromatic N) is 6. The second-order valence-corrected chi connectivity index (χ2v) is 8.59. The molecule has 0 saturated carbocycles. The lowest BCUT2D eigenvalue weighted by Crippen LogP contribution is -3.00. The van der Waals surface area contributed by atoms with Crippen LogP contribution >= 0.6 is 0 Å². The molecule has 0 atom stereocenters. The molecule has 0 fully saturated rings. The summed E-state index contributed by atoms with van der Waals surface area (Å²) in [6.45, 7) is 2.07. The highest BCUT2D eigenvalue weighted by atomic mass is 79.9. The van der Waals surface area contributed by atoms with Gasteiger partial charge in [-0.25, -0.2) is 19.5 Å². The van der Waals surface area contributed by atoms with Crippen molar-refractivity contribution < 1.29 is 21.5 Å². The van der Waals surface area contributed by atoms with E-state index in [0.717, 1.165) is 25.2 Å². The Labute approximate surface area is 202 Å². The van der Waals surface area contributed by atoms with Crippen molar-refractivity contribution >= 4 is 22.7 Å². The Morgan fingerprint density at radius 2 is 1.44 bits per heavy atom. The van der Waals surface area contributed by atoms with Gasteiger partial charge in [-0.2, -0.15) is 0 Å². The highest BCUT2D eigenvalue weighted by Crippen LogP contribution is 2.16. The molecular formula is C24H38BrN7. The minimum atomic E-state index is 0. The van der Waals surface area contributed by atoms with Crippen LogP contribution in [-0.2, 0) is 13.1 Å². The van der Waals surface area contributed by atoms with E-state index < -0.39 is 0 Å². The first-order valence-corrected chi connectivity index (χ1v) is 11.7. The number of imidazole rings is 1. The molecule has 0 aromatic carbocycles. The largest absolute Gasteiger partial charge is 1.00 e. The van der Waals surface area contributed by atoms with Crippen LogP contribution in [-0.4, -0.2) is 33.6 Å². The van der Waals surface area contributed by atoms with Gasteiger partial charge in [0.15, 0.2) is 23.9 Å². The van der Waals surface area contributed by atoms with Gasteiger partial charge in [-0.05, 0) is 12.8 Å². The van der Waals surface area contributed by atoms with E-state index in [0.29, 0.717) is 11.3 Å². The van der Waals surface area contributed by atoms with Gasteiger partial charge >= 0.3 is 0 Å². The fourth-order valence-electron chi connectivity index (χ4n) is 3.95. The summed E-state index contributed by atoms with van der Waals surface area (Å²) in [5.41, 5.74) is 8.65. The second-order valence-electron chi connectivity index (χ2n) is 8.59. The average Bonchev–Trinajstić information content (AvgIpc) is 3.19. The fourth-order valence-corrected chi connectivity index (χ4v) is 3.95. The van der Waals surface area contributed by atoms with Gasteiger partial charge in [-0.3, -0.25) is 0 Å². The third-order valence-corrected chi connectivity index (χ3v) is 5.88. The summed E-state index contributed by atoms with van der Waals surface area (Å²) >= 11 is 0. The molecule has 0 unspecified atom stereocenters. The summed E-state index contributed by atoms with van der Waals surface area (Å²) in [6.07, 6.45) is 20.8. The zero-order chi connectivity index (χ0) is 21.9. The maximum atomic E-state index is 5.84. The SMILES string of the molecule is CN(C)c1cc[n+](CCCCCCCCCCCCn2cnc3c(N)ncnc32)cc1.[Br-]. The molecular weight excluding hydrogens is 466 g/mol. The Morgan fingerprint density at radius 1 is 0.844 bits per heavy atom. The van der Waals surface area contributed by atoms with Crippen molar-refractivity contribution in [3.63, 3.8) is 0 Å². The van der Waals surface area contributed by atoms with Crippen molar-refractivity contribution in [3.8, 4) is 0 Å².